The smallest absolute Gasteiger partial charge is 0.354 e. The van der Waals surface area contributed by atoms with Crippen molar-refractivity contribution in [3.8, 4) is 0 Å². The van der Waals surface area contributed by atoms with Gasteiger partial charge in [-0.3, -0.25) is 0 Å². The van der Waals surface area contributed by atoms with Gasteiger partial charge in [0.05, 0.1) is 17.9 Å². The van der Waals surface area contributed by atoms with Crippen molar-refractivity contribution in [1.82, 2.24) is 15.3 Å². The Hall–Kier alpha value is -2.77. The van der Waals surface area contributed by atoms with E-state index in [4.69, 9.17) is 9.52 Å². The molecule has 8 nitrogen and oxygen atoms in total. The first-order chi connectivity index (χ1) is 9.86. The molecular weight excluding hydrogens is 276 g/mol. The molecule has 0 aromatic carbocycles. The van der Waals surface area contributed by atoms with Crippen LogP contribution in [0.5, 0.6) is 0 Å². The van der Waals surface area contributed by atoms with Crippen LogP contribution in [0.2, 0.25) is 0 Å². The summed E-state index contributed by atoms with van der Waals surface area (Å²) in [7, 11) is 0. The van der Waals surface area contributed by atoms with Crippen LogP contribution < -0.4 is 10.6 Å². The van der Waals surface area contributed by atoms with Gasteiger partial charge in [-0.05, 0) is 26.8 Å². The summed E-state index contributed by atoms with van der Waals surface area (Å²) in [6.07, 6.45) is 0. The third-order valence-corrected chi connectivity index (χ3v) is 2.89. The average Bonchev–Trinajstić information content (AvgIpc) is 2.91. The van der Waals surface area contributed by atoms with E-state index in [2.05, 4.69) is 20.6 Å². The molecule has 2 aromatic rings. The number of carbonyl (C=O) groups is 2. The van der Waals surface area contributed by atoms with Crippen molar-refractivity contribution >= 4 is 17.7 Å². The molecule has 0 aliphatic rings. The highest BCUT2D eigenvalue weighted by Gasteiger charge is 2.15. The lowest BCUT2D eigenvalue weighted by molar-refractivity contribution is 0.0692. The van der Waals surface area contributed by atoms with Gasteiger partial charge in [-0.15, -0.1) is 0 Å². The number of carboxylic acid groups (broad SMARTS) is 1. The number of aromatic amines is 1. The van der Waals surface area contributed by atoms with Gasteiger partial charge >= 0.3 is 12.0 Å². The average molecular weight is 292 g/mol. The van der Waals surface area contributed by atoms with Crippen molar-refractivity contribution in [2.24, 2.45) is 0 Å². The van der Waals surface area contributed by atoms with E-state index in [0.717, 1.165) is 5.69 Å². The molecule has 2 aromatic heterocycles. The summed E-state index contributed by atoms with van der Waals surface area (Å²) in [6.45, 7) is 5.41. The summed E-state index contributed by atoms with van der Waals surface area (Å²) < 4.78 is 5.33. The second kappa shape index (κ2) is 5.70. The molecule has 0 spiro atoms. The number of carboxylic acids is 1. The summed E-state index contributed by atoms with van der Waals surface area (Å²) in [5, 5.41) is 14.0. The Bertz CT molecular complexity index is 667. The number of amides is 2. The van der Waals surface area contributed by atoms with Gasteiger partial charge in [0.2, 0.25) is 5.89 Å². The SMILES string of the molecule is Cc1cc(NC(=O)NCc2nc(C)c(C)o2)c(C(=O)O)[nH]1. The molecule has 21 heavy (non-hydrogen) atoms. The lowest BCUT2D eigenvalue weighted by Crippen LogP contribution is -2.28. The van der Waals surface area contributed by atoms with E-state index in [0.29, 0.717) is 17.3 Å². The van der Waals surface area contributed by atoms with E-state index < -0.39 is 12.0 Å². The van der Waals surface area contributed by atoms with E-state index in [1.165, 1.54) is 0 Å². The fraction of sp³-hybridized carbons (Fsp3) is 0.308. The maximum Gasteiger partial charge on any atom is 0.354 e. The van der Waals surface area contributed by atoms with Crippen LogP contribution in [-0.2, 0) is 6.54 Å². The van der Waals surface area contributed by atoms with Gasteiger partial charge in [-0.1, -0.05) is 0 Å². The van der Waals surface area contributed by atoms with Gasteiger partial charge in [0.1, 0.15) is 11.5 Å². The largest absolute Gasteiger partial charge is 0.477 e. The molecule has 0 fully saturated rings. The third kappa shape index (κ3) is 3.41. The van der Waals surface area contributed by atoms with Crippen LogP contribution in [0.3, 0.4) is 0 Å². The van der Waals surface area contributed by atoms with Crippen molar-refractivity contribution in [3.63, 3.8) is 0 Å². The number of urea groups is 1. The van der Waals surface area contributed by atoms with E-state index in [9.17, 15) is 9.59 Å². The zero-order valence-electron chi connectivity index (χ0n) is 11.9. The Morgan fingerprint density at radius 3 is 2.67 bits per heavy atom. The highest BCUT2D eigenvalue weighted by atomic mass is 16.4. The maximum atomic E-state index is 11.8. The molecule has 0 aliphatic carbocycles. The van der Waals surface area contributed by atoms with Gasteiger partial charge in [0, 0.05) is 5.69 Å². The first-order valence-electron chi connectivity index (χ1n) is 6.27. The second-order valence-corrected chi connectivity index (χ2v) is 4.60. The fourth-order valence-electron chi connectivity index (χ4n) is 1.79. The first-order valence-corrected chi connectivity index (χ1v) is 6.27. The summed E-state index contributed by atoms with van der Waals surface area (Å²) in [6, 6.07) is 1.01. The number of hydrogen-bond donors (Lipinski definition) is 4. The highest BCUT2D eigenvalue weighted by Crippen LogP contribution is 2.16. The number of hydrogen-bond acceptors (Lipinski definition) is 4. The number of aromatic carboxylic acids is 1. The van der Waals surface area contributed by atoms with E-state index in [1.807, 2.05) is 6.92 Å². The van der Waals surface area contributed by atoms with Gasteiger partial charge < -0.3 is 25.1 Å². The highest BCUT2D eigenvalue weighted by molar-refractivity contribution is 5.99. The minimum atomic E-state index is -1.14. The third-order valence-electron chi connectivity index (χ3n) is 2.89. The molecule has 2 heterocycles. The van der Waals surface area contributed by atoms with Crippen molar-refractivity contribution in [1.29, 1.82) is 0 Å². The van der Waals surface area contributed by atoms with Gasteiger partial charge in [0.25, 0.3) is 0 Å². The van der Waals surface area contributed by atoms with Crippen molar-refractivity contribution in [3.05, 3.63) is 34.8 Å². The molecule has 0 radical (unpaired) electrons. The molecule has 0 saturated carbocycles. The number of anilines is 1. The molecule has 0 atom stereocenters. The molecule has 0 unspecified atom stereocenters. The Morgan fingerprint density at radius 1 is 1.38 bits per heavy atom. The Balaban J connectivity index is 1.97. The standard InChI is InChI=1S/C13H16N4O4/c1-6-4-9(11(15-6)12(18)19)17-13(20)14-5-10-16-7(2)8(3)21-10/h4,15H,5H2,1-3H3,(H,18,19)(H2,14,17,20). The van der Waals surface area contributed by atoms with E-state index in [1.54, 1.807) is 19.9 Å². The summed E-state index contributed by atoms with van der Waals surface area (Å²) in [5.74, 6) is -0.0529. The number of carbonyl (C=O) groups excluding carboxylic acids is 1. The second-order valence-electron chi connectivity index (χ2n) is 4.60. The van der Waals surface area contributed by atoms with Crippen molar-refractivity contribution < 1.29 is 19.1 Å². The topological polar surface area (TPSA) is 120 Å². The molecule has 0 aliphatic heterocycles. The maximum absolute atomic E-state index is 11.8. The molecule has 8 heteroatoms. The number of aryl methyl sites for hydroxylation is 3. The quantitative estimate of drug-likeness (QED) is 0.686. The lowest BCUT2D eigenvalue weighted by Gasteiger charge is -2.05. The van der Waals surface area contributed by atoms with Crippen molar-refractivity contribution in [2.75, 3.05) is 5.32 Å². The number of H-pyrrole nitrogens is 1. The minimum absolute atomic E-state index is 0.0644. The van der Waals surface area contributed by atoms with Gasteiger partial charge in [-0.25, -0.2) is 14.6 Å². The van der Waals surface area contributed by atoms with Crippen LogP contribution in [0.15, 0.2) is 10.5 Å². The van der Waals surface area contributed by atoms with Crippen LogP contribution in [0.4, 0.5) is 10.5 Å². The Kier molecular flexibility index (Phi) is 3.97. The molecule has 0 saturated heterocycles. The fourth-order valence-corrected chi connectivity index (χ4v) is 1.79. The Morgan fingerprint density at radius 2 is 2.10 bits per heavy atom. The predicted octanol–water partition coefficient (Wildman–Crippen LogP) is 1.95. The zero-order valence-corrected chi connectivity index (χ0v) is 11.9. The first kappa shape index (κ1) is 14.6. The molecule has 112 valence electrons. The van der Waals surface area contributed by atoms with Crippen LogP contribution in [-0.4, -0.2) is 27.1 Å². The zero-order chi connectivity index (χ0) is 15.6. The van der Waals surface area contributed by atoms with Crippen LogP contribution in [0.1, 0.15) is 33.5 Å². The number of rotatable bonds is 4. The number of nitrogens with one attached hydrogen (secondary N) is 3. The predicted molar refractivity (Wildman–Crippen MR) is 74.3 cm³/mol. The van der Waals surface area contributed by atoms with Crippen LogP contribution in [0.25, 0.3) is 0 Å². The minimum Gasteiger partial charge on any atom is -0.477 e. The van der Waals surface area contributed by atoms with Gasteiger partial charge in [0.15, 0.2) is 0 Å². The van der Waals surface area contributed by atoms with E-state index >= 15 is 0 Å². The normalized spacial score (nSPS) is 10.4. The van der Waals surface area contributed by atoms with Crippen molar-refractivity contribution in [2.45, 2.75) is 27.3 Å². The molecule has 2 amide bonds. The number of nitrogens with zero attached hydrogens (tertiary/aromatic N) is 1. The van der Waals surface area contributed by atoms with Crippen LogP contribution >= 0.6 is 0 Å². The molecule has 2 rings (SSSR count). The summed E-state index contributed by atoms with van der Waals surface area (Å²) in [4.78, 5) is 29.6. The van der Waals surface area contributed by atoms with Crippen LogP contribution in [0, 0.1) is 20.8 Å². The molecule has 4 N–H and O–H groups in total. The lowest BCUT2D eigenvalue weighted by atomic mass is 10.3. The van der Waals surface area contributed by atoms with Gasteiger partial charge in [-0.2, -0.15) is 0 Å². The Labute approximate surface area is 120 Å². The van der Waals surface area contributed by atoms with E-state index in [-0.39, 0.29) is 17.9 Å². The summed E-state index contributed by atoms with van der Waals surface area (Å²) >= 11 is 0. The number of oxazole rings is 1. The number of aromatic nitrogens is 2. The molecule has 0 bridgehead atoms. The molecular formula is C13H16N4O4. The monoisotopic (exact) mass is 292 g/mol. The summed E-state index contributed by atoms with van der Waals surface area (Å²) in [5.41, 5.74) is 1.55.